The van der Waals surface area contributed by atoms with Crippen LogP contribution in [-0.2, 0) is 19.4 Å². The Labute approximate surface area is 127 Å². The monoisotopic (exact) mass is 318 g/mol. The number of likely N-dealkylation sites (N-methyl/N-ethyl adjacent to an activating group) is 1. The molecule has 1 saturated heterocycles. The summed E-state index contributed by atoms with van der Waals surface area (Å²) in [6, 6.07) is -0.263. The zero-order valence-electron chi connectivity index (χ0n) is 13.3. The van der Waals surface area contributed by atoms with Crippen molar-refractivity contribution in [1.29, 1.82) is 0 Å². The van der Waals surface area contributed by atoms with Crippen LogP contribution in [0.5, 0.6) is 0 Å². The van der Waals surface area contributed by atoms with Crippen LogP contribution in [0.2, 0.25) is 0 Å². The SMILES string of the molecule is CC(=O)N(CCC(C)C)CC(=O)N(C)C1CCS(=O)(=O)C1. The van der Waals surface area contributed by atoms with E-state index in [4.69, 9.17) is 0 Å². The number of carbonyl (C=O) groups is 2. The second-order valence-corrected chi connectivity index (χ2v) is 8.41. The number of carbonyl (C=O) groups excluding carboxylic acids is 2. The van der Waals surface area contributed by atoms with Crippen molar-refractivity contribution in [3.63, 3.8) is 0 Å². The van der Waals surface area contributed by atoms with E-state index in [9.17, 15) is 18.0 Å². The van der Waals surface area contributed by atoms with E-state index in [1.807, 2.05) is 0 Å². The van der Waals surface area contributed by atoms with E-state index in [1.165, 1.54) is 16.7 Å². The van der Waals surface area contributed by atoms with Gasteiger partial charge in [-0.15, -0.1) is 0 Å². The second-order valence-electron chi connectivity index (χ2n) is 6.18. The summed E-state index contributed by atoms with van der Waals surface area (Å²) in [4.78, 5) is 26.8. The van der Waals surface area contributed by atoms with Gasteiger partial charge in [0, 0.05) is 26.6 Å². The molecule has 0 aromatic rings. The largest absolute Gasteiger partial charge is 0.340 e. The van der Waals surface area contributed by atoms with Crippen LogP contribution < -0.4 is 0 Å². The summed E-state index contributed by atoms with van der Waals surface area (Å²) in [5.41, 5.74) is 0. The Hall–Kier alpha value is -1.11. The number of rotatable bonds is 6. The van der Waals surface area contributed by atoms with Crippen molar-refractivity contribution >= 4 is 21.7 Å². The molecule has 21 heavy (non-hydrogen) atoms. The summed E-state index contributed by atoms with van der Waals surface area (Å²) < 4.78 is 22.9. The fourth-order valence-corrected chi connectivity index (χ4v) is 4.10. The maximum Gasteiger partial charge on any atom is 0.242 e. The number of nitrogens with zero attached hydrogens (tertiary/aromatic N) is 2. The molecule has 0 aromatic heterocycles. The Morgan fingerprint density at radius 1 is 1.29 bits per heavy atom. The second kappa shape index (κ2) is 7.24. The molecule has 0 aliphatic carbocycles. The molecule has 0 N–H and O–H groups in total. The van der Waals surface area contributed by atoms with Crippen molar-refractivity contribution in [2.75, 3.05) is 31.6 Å². The lowest BCUT2D eigenvalue weighted by atomic mass is 10.1. The molecule has 1 fully saturated rings. The molecule has 1 atom stereocenters. The molecule has 1 rings (SSSR count). The summed E-state index contributed by atoms with van der Waals surface area (Å²) in [6.45, 7) is 6.16. The van der Waals surface area contributed by atoms with Gasteiger partial charge in [-0.1, -0.05) is 13.8 Å². The van der Waals surface area contributed by atoms with Crippen LogP contribution in [0.25, 0.3) is 0 Å². The Morgan fingerprint density at radius 3 is 2.33 bits per heavy atom. The summed E-state index contributed by atoms with van der Waals surface area (Å²) in [5.74, 6) is 0.299. The molecule has 1 aliphatic rings. The quantitative estimate of drug-likeness (QED) is 0.716. The Balaban J connectivity index is 2.58. The van der Waals surface area contributed by atoms with Crippen LogP contribution in [0.3, 0.4) is 0 Å². The number of sulfone groups is 1. The van der Waals surface area contributed by atoms with Crippen LogP contribution in [-0.4, -0.2) is 67.7 Å². The molecular weight excluding hydrogens is 292 g/mol. The molecule has 0 bridgehead atoms. The van der Waals surface area contributed by atoms with E-state index >= 15 is 0 Å². The molecule has 1 heterocycles. The summed E-state index contributed by atoms with van der Waals surface area (Å²) >= 11 is 0. The first-order valence-corrected chi connectivity index (χ1v) is 9.16. The number of hydrogen-bond donors (Lipinski definition) is 0. The van der Waals surface area contributed by atoms with Gasteiger partial charge in [0.15, 0.2) is 9.84 Å². The highest BCUT2D eigenvalue weighted by Crippen LogP contribution is 2.17. The minimum absolute atomic E-state index is 0.0229. The molecule has 0 aromatic carbocycles. The minimum Gasteiger partial charge on any atom is -0.340 e. The van der Waals surface area contributed by atoms with Crippen LogP contribution in [0, 0.1) is 5.92 Å². The van der Waals surface area contributed by atoms with Gasteiger partial charge < -0.3 is 9.80 Å². The fourth-order valence-electron chi connectivity index (χ4n) is 2.32. The van der Waals surface area contributed by atoms with Crippen molar-refractivity contribution in [1.82, 2.24) is 9.80 Å². The van der Waals surface area contributed by atoms with Crippen LogP contribution in [0.1, 0.15) is 33.6 Å². The fraction of sp³-hybridized carbons (Fsp3) is 0.857. The molecule has 122 valence electrons. The normalized spacial score (nSPS) is 20.5. The molecule has 0 spiro atoms. The van der Waals surface area contributed by atoms with Gasteiger partial charge in [-0.2, -0.15) is 0 Å². The van der Waals surface area contributed by atoms with Crippen molar-refractivity contribution < 1.29 is 18.0 Å². The maximum atomic E-state index is 12.2. The van der Waals surface area contributed by atoms with E-state index in [-0.39, 0.29) is 35.9 Å². The number of hydrogen-bond acceptors (Lipinski definition) is 4. The van der Waals surface area contributed by atoms with Crippen molar-refractivity contribution in [3.05, 3.63) is 0 Å². The molecule has 1 aliphatic heterocycles. The highest BCUT2D eigenvalue weighted by atomic mass is 32.2. The van der Waals surface area contributed by atoms with E-state index in [1.54, 1.807) is 7.05 Å². The first-order chi connectivity index (χ1) is 9.62. The van der Waals surface area contributed by atoms with Crippen molar-refractivity contribution in [2.45, 2.75) is 39.7 Å². The third-order valence-electron chi connectivity index (χ3n) is 3.90. The predicted molar refractivity (Wildman–Crippen MR) is 81.5 cm³/mol. The van der Waals surface area contributed by atoms with E-state index in [2.05, 4.69) is 13.8 Å². The number of amides is 2. The smallest absolute Gasteiger partial charge is 0.242 e. The molecule has 6 nitrogen and oxygen atoms in total. The first kappa shape index (κ1) is 17.9. The van der Waals surface area contributed by atoms with Crippen LogP contribution in [0.4, 0.5) is 0 Å². The van der Waals surface area contributed by atoms with Gasteiger partial charge in [-0.25, -0.2) is 8.42 Å². The Kier molecular flexibility index (Phi) is 6.19. The standard InChI is InChI=1S/C14H26N2O4S/c1-11(2)5-7-16(12(3)17)9-14(18)15(4)13-6-8-21(19,20)10-13/h11,13H,5-10H2,1-4H3. The molecule has 7 heteroatoms. The topological polar surface area (TPSA) is 74.8 Å². The zero-order chi connectivity index (χ0) is 16.2. The van der Waals surface area contributed by atoms with E-state index < -0.39 is 9.84 Å². The average Bonchev–Trinajstić information content (AvgIpc) is 2.73. The lowest BCUT2D eigenvalue weighted by Crippen LogP contribution is -2.45. The third-order valence-corrected chi connectivity index (χ3v) is 5.65. The summed E-state index contributed by atoms with van der Waals surface area (Å²) in [5, 5.41) is 0. The van der Waals surface area contributed by atoms with Crippen LogP contribution >= 0.6 is 0 Å². The first-order valence-electron chi connectivity index (χ1n) is 7.34. The predicted octanol–water partition coefficient (Wildman–Crippen LogP) is 0.527. The summed E-state index contributed by atoms with van der Waals surface area (Å²) in [6.07, 6.45) is 1.32. The van der Waals surface area contributed by atoms with Gasteiger partial charge >= 0.3 is 0 Å². The molecule has 1 unspecified atom stereocenters. The van der Waals surface area contributed by atoms with E-state index in [0.717, 1.165) is 6.42 Å². The van der Waals surface area contributed by atoms with Crippen LogP contribution in [0.15, 0.2) is 0 Å². The van der Waals surface area contributed by atoms with Crippen molar-refractivity contribution in [2.24, 2.45) is 5.92 Å². The lowest BCUT2D eigenvalue weighted by Gasteiger charge is -2.28. The average molecular weight is 318 g/mol. The van der Waals surface area contributed by atoms with Gasteiger partial charge in [0.2, 0.25) is 11.8 Å². The van der Waals surface area contributed by atoms with Gasteiger partial charge in [-0.05, 0) is 18.8 Å². The zero-order valence-corrected chi connectivity index (χ0v) is 14.1. The Morgan fingerprint density at radius 2 is 1.90 bits per heavy atom. The van der Waals surface area contributed by atoms with Gasteiger partial charge in [0.05, 0.1) is 18.1 Å². The molecule has 0 radical (unpaired) electrons. The maximum absolute atomic E-state index is 12.2. The lowest BCUT2D eigenvalue weighted by molar-refractivity contribution is -0.139. The highest BCUT2D eigenvalue weighted by Gasteiger charge is 2.33. The highest BCUT2D eigenvalue weighted by molar-refractivity contribution is 7.91. The van der Waals surface area contributed by atoms with E-state index in [0.29, 0.717) is 18.9 Å². The molecular formula is C14H26N2O4S. The third kappa shape index (κ3) is 5.65. The van der Waals surface area contributed by atoms with Gasteiger partial charge in [-0.3, -0.25) is 9.59 Å². The Bertz CT molecular complexity index is 487. The molecule has 0 saturated carbocycles. The van der Waals surface area contributed by atoms with Gasteiger partial charge in [0.1, 0.15) is 0 Å². The molecule has 2 amide bonds. The van der Waals surface area contributed by atoms with Gasteiger partial charge in [0.25, 0.3) is 0 Å². The van der Waals surface area contributed by atoms with Crippen molar-refractivity contribution in [3.8, 4) is 0 Å². The summed E-state index contributed by atoms with van der Waals surface area (Å²) in [7, 11) is -1.40. The minimum atomic E-state index is -3.01.